The number of rotatable bonds is 0. The molecular formula is C13H16IN. The van der Waals surface area contributed by atoms with Crippen LogP contribution in [0.2, 0.25) is 0 Å². The van der Waals surface area contributed by atoms with E-state index < -0.39 is 0 Å². The summed E-state index contributed by atoms with van der Waals surface area (Å²) in [4.78, 5) is 2.47. The standard InChI is InChI=1S/C13H16IN/c1-15-7-10-4-2-3-9-5-12(14)6-11(8-15)13(9)10/h5-6,10H,2-4,7-8H2,1H3. The molecule has 1 unspecified atom stereocenters. The molecule has 1 heterocycles. The van der Waals surface area contributed by atoms with Gasteiger partial charge in [0, 0.05) is 16.7 Å². The van der Waals surface area contributed by atoms with Crippen LogP contribution in [-0.4, -0.2) is 18.5 Å². The van der Waals surface area contributed by atoms with Gasteiger partial charge in [-0.3, -0.25) is 0 Å². The minimum absolute atomic E-state index is 0.819. The summed E-state index contributed by atoms with van der Waals surface area (Å²) in [5, 5.41) is 0. The Morgan fingerprint density at radius 1 is 1.33 bits per heavy atom. The summed E-state index contributed by atoms with van der Waals surface area (Å²) in [6.45, 7) is 2.41. The second-order valence-electron chi connectivity index (χ2n) is 4.92. The van der Waals surface area contributed by atoms with E-state index in [1.807, 2.05) is 0 Å². The van der Waals surface area contributed by atoms with Crippen molar-refractivity contribution in [2.45, 2.75) is 31.7 Å². The monoisotopic (exact) mass is 313 g/mol. The van der Waals surface area contributed by atoms with Crippen LogP contribution in [0.25, 0.3) is 0 Å². The van der Waals surface area contributed by atoms with Crippen LogP contribution >= 0.6 is 22.6 Å². The summed E-state index contributed by atoms with van der Waals surface area (Å²) in [7, 11) is 2.25. The van der Waals surface area contributed by atoms with Crippen molar-refractivity contribution in [1.82, 2.24) is 4.90 Å². The van der Waals surface area contributed by atoms with Crippen LogP contribution in [0.3, 0.4) is 0 Å². The Hall–Kier alpha value is -0.0900. The topological polar surface area (TPSA) is 3.24 Å². The van der Waals surface area contributed by atoms with Crippen molar-refractivity contribution >= 4 is 22.6 Å². The minimum Gasteiger partial charge on any atom is -0.301 e. The second-order valence-corrected chi connectivity index (χ2v) is 6.17. The Morgan fingerprint density at radius 3 is 3.00 bits per heavy atom. The van der Waals surface area contributed by atoms with Gasteiger partial charge in [0.15, 0.2) is 0 Å². The van der Waals surface area contributed by atoms with Gasteiger partial charge in [-0.2, -0.15) is 0 Å². The molecule has 0 aromatic heterocycles. The Bertz CT molecular complexity index is 400. The fourth-order valence-corrected chi connectivity index (χ4v) is 3.95. The van der Waals surface area contributed by atoms with Crippen LogP contribution in [0.1, 0.15) is 35.4 Å². The van der Waals surface area contributed by atoms with Crippen molar-refractivity contribution in [2.75, 3.05) is 13.6 Å². The number of likely N-dealkylation sites (N-methyl/N-ethyl adjacent to an activating group) is 1. The fourth-order valence-electron chi connectivity index (χ4n) is 3.20. The molecule has 1 aromatic carbocycles. The number of hydrogen-bond donors (Lipinski definition) is 0. The van der Waals surface area contributed by atoms with Gasteiger partial charge in [0.25, 0.3) is 0 Å². The lowest BCUT2D eigenvalue weighted by Crippen LogP contribution is -2.33. The molecule has 1 aromatic rings. The molecule has 80 valence electrons. The maximum absolute atomic E-state index is 2.47. The molecule has 15 heavy (non-hydrogen) atoms. The number of halogens is 1. The van der Waals surface area contributed by atoms with Crippen LogP contribution in [0.5, 0.6) is 0 Å². The molecule has 0 bridgehead atoms. The lowest BCUT2D eigenvalue weighted by molar-refractivity contribution is 0.266. The Kier molecular flexibility index (Phi) is 2.51. The van der Waals surface area contributed by atoms with Crippen molar-refractivity contribution in [2.24, 2.45) is 0 Å². The first-order chi connectivity index (χ1) is 7.24. The van der Waals surface area contributed by atoms with Crippen LogP contribution in [0.4, 0.5) is 0 Å². The van der Waals surface area contributed by atoms with Gasteiger partial charge in [-0.15, -0.1) is 0 Å². The smallest absolute Gasteiger partial charge is 0.0234 e. The molecule has 2 aliphatic rings. The van der Waals surface area contributed by atoms with Gasteiger partial charge in [0.1, 0.15) is 0 Å². The van der Waals surface area contributed by atoms with E-state index in [1.54, 1.807) is 16.7 Å². The first-order valence-electron chi connectivity index (χ1n) is 5.74. The highest BCUT2D eigenvalue weighted by molar-refractivity contribution is 14.1. The van der Waals surface area contributed by atoms with Gasteiger partial charge in [-0.25, -0.2) is 0 Å². The molecule has 0 amide bonds. The zero-order valence-electron chi connectivity index (χ0n) is 9.09. The summed E-state index contributed by atoms with van der Waals surface area (Å²) >= 11 is 2.45. The van der Waals surface area contributed by atoms with Gasteiger partial charge >= 0.3 is 0 Å². The van der Waals surface area contributed by atoms with Gasteiger partial charge in [-0.05, 0) is 83.6 Å². The molecule has 1 aliphatic heterocycles. The van der Waals surface area contributed by atoms with E-state index >= 15 is 0 Å². The maximum Gasteiger partial charge on any atom is 0.0234 e. The lowest BCUT2D eigenvalue weighted by atomic mass is 9.78. The number of aryl methyl sites for hydroxylation is 1. The van der Waals surface area contributed by atoms with E-state index in [2.05, 4.69) is 46.7 Å². The van der Waals surface area contributed by atoms with E-state index in [4.69, 9.17) is 0 Å². The molecule has 1 atom stereocenters. The normalized spacial score (nSPS) is 25.1. The molecule has 1 aliphatic carbocycles. The Morgan fingerprint density at radius 2 is 2.13 bits per heavy atom. The van der Waals surface area contributed by atoms with E-state index in [1.165, 1.54) is 29.4 Å². The number of nitrogens with zero attached hydrogens (tertiary/aromatic N) is 1. The van der Waals surface area contributed by atoms with Crippen LogP contribution in [0, 0.1) is 3.57 Å². The molecule has 0 radical (unpaired) electrons. The molecular weight excluding hydrogens is 297 g/mol. The highest BCUT2D eigenvalue weighted by Crippen LogP contribution is 2.38. The predicted octanol–water partition coefficient (Wildman–Crippen LogP) is 3.16. The molecule has 2 heteroatoms. The summed E-state index contributed by atoms with van der Waals surface area (Å²) in [5.41, 5.74) is 4.94. The van der Waals surface area contributed by atoms with Crippen molar-refractivity contribution in [3.63, 3.8) is 0 Å². The van der Waals surface area contributed by atoms with Crippen LogP contribution in [-0.2, 0) is 13.0 Å². The zero-order valence-corrected chi connectivity index (χ0v) is 11.3. The minimum atomic E-state index is 0.819. The van der Waals surface area contributed by atoms with Gasteiger partial charge < -0.3 is 4.90 Å². The molecule has 1 nitrogen and oxygen atoms in total. The molecule has 0 saturated heterocycles. The van der Waals surface area contributed by atoms with Crippen molar-refractivity contribution in [3.05, 3.63) is 32.4 Å². The van der Waals surface area contributed by atoms with Crippen LogP contribution < -0.4 is 0 Å². The third-order valence-electron chi connectivity index (χ3n) is 3.70. The SMILES string of the molecule is CN1Cc2cc(I)cc3c2C(CCC3)C1. The number of benzene rings is 1. The highest BCUT2D eigenvalue weighted by Gasteiger charge is 2.28. The highest BCUT2D eigenvalue weighted by atomic mass is 127. The average Bonchev–Trinajstić information content (AvgIpc) is 2.16. The third-order valence-corrected chi connectivity index (χ3v) is 4.32. The summed E-state index contributed by atoms with van der Waals surface area (Å²) in [5.74, 6) is 0.819. The first kappa shape index (κ1) is 10.1. The van der Waals surface area contributed by atoms with Gasteiger partial charge in [0.05, 0.1) is 0 Å². The van der Waals surface area contributed by atoms with E-state index in [0.29, 0.717) is 0 Å². The molecule has 3 rings (SSSR count). The second kappa shape index (κ2) is 3.74. The Labute approximate surface area is 105 Å². The third kappa shape index (κ3) is 1.72. The zero-order chi connectivity index (χ0) is 10.4. The first-order valence-corrected chi connectivity index (χ1v) is 6.81. The molecule has 0 spiro atoms. The lowest BCUT2D eigenvalue weighted by Gasteiger charge is -2.36. The summed E-state index contributed by atoms with van der Waals surface area (Å²) < 4.78 is 1.41. The Balaban J connectivity index is 2.16. The van der Waals surface area contributed by atoms with Gasteiger partial charge in [-0.1, -0.05) is 0 Å². The largest absolute Gasteiger partial charge is 0.301 e. The van der Waals surface area contributed by atoms with Crippen molar-refractivity contribution < 1.29 is 0 Å². The molecule has 0 fully saturated rings. The average molecular weight is 313 g/mol. The van der Waals surface area contributed by atoms with E-state index in [0.717, 1.165) is 12.5 Å². The quantitative estimate of drug-likeness (QED) is 0.665. The molecule has 0 saturated carbocycles. The van der Waals surface area contributed by atoms with Crippen LogP contribution in [0.15, 0.2) is 12.1 Å². The number of hydrogen-bond acceptors (Lipinski definition) is 1. The van der Waals surface area contributed by atoms with E-state index in [9.17, 15) is 0 Å². The van der Waals surface area contributed by atoms with Gasteiger partial charge in [0.2, 0.25) is 0 Å². The van der Waals surface area contributed by atoms with Crippen molar-refractivity contribution in [3.8, 4) is 0 Å². The summed E-state index contributed by atoms with van der Waals surface area (Å²) in [6, 6.07) is 4.78. The predicted molar refractivity (Wildman–Crippen MR) is 71.2 cm³/mol. The van der Waals surface area contributed by atoms with E-state index in [-0.39, 0.29) is 0 Å². The van der Waals surface area contributed by atoms with Crippen molar-refractivity contribution in [1.29, 1.82) is 0 Å². The maximum atomic E-state index is 2.47. The molecule has 0 N–H and O–H groups in total. The fraction of sp³-hybridized carbons (Fsp3) is 0.538. The summed E-state index contributed by atoms with van der Waals surface area (Å²) in [6.07, 6.45) is 4.08.